The van der Waals surface area contributed by atoms with E-state index in [2.05, 4.69) is 47.4 Å². The van der Waals surface area contributed by atoms with Gasteiger partial charge in [-0.1, -0.05) is 25.8 Å². The van der Waals surface area contributed by atoms with Crippen molar-refractivity contribution in [3.05, 3.63) is 50.7 Å². The van der Waals surface area contributed by atoms with Crippen LogP contribution < -0.4 is 4.74 Å². The monoisotopic (exact) mass is 341 g/mol. The number of methoxy groups -OCH3 is 1. The lowest BCUT2D eigenvalue weighted by atomic mass is 9.87. The average Bonchev–Trinajstić information content (AvgIpc) is 3.01. The second-order valence-electron chi connectivity index (χ2n) is 7.12. The first-order chi connectivity index (χ1) is 11.8. The molecule has 0 bridgehead atoms. The fraction of sp³-hybridized carbons (Fsp3) is 0.524. The number of hydrogen-bond acceptors (Lipinski definition) is 3. The zero-order valence-electron chi connectivity index (χ0n) is 14.8. The summed E-state index contributed by atoms with van der Waals surface area (Å²) in [5.41, 5.74) is 4.60. The Morgan fingerprint density at radius 2 is 2.12 bits per heavy atom. The molecule has 24 heavy (non-hydrogen) atoms. The molecule has 0 radical (unpaired) electrons. The maximum atomic E-state index is 5.41. The van der Waals surface area contributed by atoms with E-state index in [0.29, 0.717) is 6.04 Å². The summed E-state index contributed by atoms with van der Waals surface area (Å²) >= 11 is 2.07. The Morgan fingerprint density at radius 1 is 1.21 bits per heavy atom. The van der Waals surface area contributed by atoms with Gasteiger partial charge < -0.3 is 4.74 Å². The van der Waals surface area contributed by atoms with Crippen LogP contribution >= 0.6 is 11.3 Å². The van der Waals surface area contributed by atoms with Gasteiger partial charge in [0.1, 0.15) is 5.75 Å². The van der Waals surface area contributed by atoms with Crippen LogP contribution in [-0.4, -0.2) is 18.6 Å². The summed E-state index contributed by atoms with van der Waals surface area (Å²) in [7, 11) is 1.76. The lowest BCUT2D eigenvalue weighted by Crippen LogP contribution is -2.38. The molecule has 2 aliphatic rings. The smallest absolute Gasteiger partial charge is 0.119 e. The average molecular weight is 342 g/mol. The second kappa shape index (κ2) is 6.89. The van der Waals surface area contributed by atoms with Crippen LogP contribution in [0.4, 0.5) is 0 Å². The van der Waals surface area contributed by atoms with Crippen LogP contribution in [0.3, 0.4) is 0 Å². The van der Waals surface area contributed by atoms with Crippen LogP contribution in [0.15, 0.2) is 24.3 Å². The van der Waals surface area contributed by atoms with E-state index in [1.165, 1.54) is 49.8 Å². The van der Waals surface area contributed by atoms with Crippen LogP contribution in [-0.2, 0) is 25.8 Å². The molecule has 1 atom stereocenters. The first kappa shape index (κ1) is 16.2. The quantitative estimate of drug-likeness (QED) is 0.698. The van der Waals surface area contributed by atoms with Crippen LogP contribution in [0, 0.1) is 0 Å². The van der Waals surface area contributed by atoms with E-state index in [0.717, 1.165) is 18.7 Å². The van der Waals surface area contributed by atoms with Crippen molar-refractivity contribution in [2.45, 2.75) is 58.0 Å². The van der Waals surface area contributed by atoms with Gasteiger partial charge in [-0.05, 0) is 54.2 Å². The van der Waals surface area contributed by atoms with E-state index in [1.54, 1.807) is 22.4 Å². The molecule has 4 rings (SSSR count). The van der Waals surface area contributed by atoms with Gasteiger partial charge in [0, 0.05) is 35.3 Å². The molecule has 0 fully saturated rings. The first-order valence-electron chi connectivity index (χ1n) is 9.29. The molecule has 1 aromatic carbocycles. The van der Waals surface area contributed by atoms with Gasteiger partial charge in [0.15, 0.2) is 0 Å². The SMILES string of the molecule is CCCCCc1cc2c(s1)C[C@H]1c3ccc(OC)cc3CCN1C2. The largest absolute Gasteiger partial charge is 0.497 e. The van der Waals surface area contributed by atoms with Crippen molar-refractivity contribution in [3.63, 3.8) is 0 Å². The van der Waals surface area contributed by atoms with Crippen molar-refractivity contribution in [3.8, 4) is 5.75 Å². The molecule has 128 valence electrons. The summed E-state index contributed by atoms with van der Waals surface area (Å²) in [6.07, 6.45) is 7.60. The summed E-state index contributed by atoms with van der Waals surface area (Å²) in [6.45, 7) is 4.59. The minimum absolute atomic E-state index is 0.564. The maximum Gasteiger partial charge on any atom is 0.119 e. The van der Waals surface area contributed by atoms with Crippen molar-refractivity contribution in [2.75, 3.05) is 13.7 Å². The van der Waals surface area contributed by atoms with E-state index in [9.17, 15) is 0 Å². The fourth-order valence-corrected chi connectivity index (χ4v) is 5.46. The Morgan fingerprint density at radius 3 is 2.96 bits per heavy atom. The highest BCUT2D eigenvalue weighted by Crippen LogP contribution is 2.41. The maximum absolute atomic E-state index is 5.41. The normalized spacial score (nSPS) is 19.5. The van der Waals surface area contributed by atoms with E-state index < -0.39 is 0 Å². The molecule has 0 N–H and O–H groups in total. The summed E-state index contributed by atoms with van der Waals surface area (Å²) in [5, 5.41) is 0. The Kier molecular flexibility index (Phi) is 4.64. The molecular formula is C21H27NOS. The minimum Gasteiger partial charge on any atom is -0.497 e. The van der Waals surface area contributed by atoms with Crippen molar-refractivity contribution in [1.82, 2.24) is 4.90 Å². The Balaban J connectivity index is 1.56. The number of benzene rings is 1. The Bertz CT molecular complexity index is 721. The lowest BCUT2D eigenvalue weighted by molar-refractivity contribution is 0.162. The molecule has 3 heterocycles. The molecule has 2 aliphatic heterocycles. The van der Waals surface area contributed by atoms with Gasteiger partial charge in [-0.2, -0.15) is 0 Å². The zero-order valence-corrected chi connectivity index (χ0v) is 15.6. The second-order valence-corrected chi connectivity index (χ2v) is 8.34. The molecule has 1 aromatic heterocycles. The van der Waals surface area contributed by atoms with Crippen molar-refractivity contribution >= 4 is 11.3 Å². The molecule has 3 heteroatoms. The van der Waals surface area contributed by atoms with E-state index >= 15 is 0 Å². The van der Waals surface area contributed by atoms with Crippen molar-refractivity contribution < 1.29 is 4.74 Å². The van der Waals surface area contributed by atoms with Gasteiger partial charge in [-0.25, -0.2) is 0 Å². The summed E-state index contributed by atoms with van der Waals surface area (Å²) in [5.74, 6) is 0.994. The van der Waals surface area contributed by atoms with Gasteiger partial charge in [0.05, 0.1) is 7.11 Å². The first-order valence-corrected chi connectivity index (χ1v) is 10.1. The highest BCUT2D eigenvalue weighted by atomic mass is 32.1. The number of nitrogens with zero attached hydrogens (tertiary/aromatic N) is 1. The highest BCUT2D eigenvalue weighted by molar-refractivity contribution is 7.12. The molecule has 0 aliphatic carbocycles. The van der Waals surface area contributed by atoms with Crippen LogP contribution in [0.2, 0.25) is 0 Å². The minimum atomic E-state index is 0.564. The van der Waals surface area contributed by atoms with Gasteiger partial charge in [-0.3, -0.25) is 4.90 Å². The molecule has 0 saturated heterocycles. The van der Waals surface area contributed by atoms with Gasteiger partial charge >= 0.3 is 0 Å². The third kappa shape index (κ3) is 3.00. The van der Waals surface area contributed by atoms with E-state index in [-0.39, 0.29) is 0 Å². The topological polar surface area (TPSA) is 12.5 Å². The lowest BCUT2D eigenvalue weighted by Gasteiger charge is -2.40. The van der Waals surface area contributed by atoms with E-state index in [1.807, 2.05) is 0 Å². The Labute approximate surface area is 149 Å². The molecule has 0 amide bonds. The third-order valence-electron chi connectivity index (χ3n) is 5.54. The molecule has 0 saturated carbocycles. The van der Waals surface area contributed by atoms with Crippen LogP contribution in [0.25, 0.3) is 0 Å². The molecular weight excluding hydrogens is 314 g/mol. The predicted octanol–water partition coefficient (Wildman–Crippen LogP) is 5.14. The summed E-state index contributed by atoms with van der Waals surface area (Å²) < 4.78 is 5.41. The number of fused-ring (bicyclic) bond motifs is 4. The number of aryl methyl sites for hydroxylation is 1. The molecule has 0 unspecified atom stereocenters. The van der Waals surface area contributed by atoms with Gasteiger partial charge in [0.2, 0.25) is 0 Å². The standard InChI is InChI=1S/C21H27NOS/c1-3-4-5-6-18-12-16-14-22-10-9-15-11-17(23-2)7-8-19(15)20(22)13-21(16)24-18/h7-8,11-12,20H,3-6,9-10,13-14H2,1-2H3/t20-/m0/s1. The number of unbranched alkanes of at least 4 members (excludes halogenated alkanes) is 2. The van der Waals surface area contributed by atoms with Crippen molar-refractivity contribution in [2.24, 2.45) is 0 Å². The van der Waals surface area contributed by atoms with E-state index in [4.69, 9.17) is 4.74 Å². The fourth-order valence-electron chi connectivity index (χ4n) is 4.20. The number of ether oxygens (including phenoxy) is 1. The van der Waals surface area contributed by atoms with Crippen LogP contribution in [0.1, 0.15) is 58.7 Å². The van der Waals surface area contributed by atoms with Crippen LogP contribution in [0.5, 0.6) is 5.75 Å². The third-order valence-corrected chi connectivity index (χ3v) is 6.80. The van der Waals surface area contributed by atoms with Gasteiger partial charge in [0.25, 0.3) is 0 Å². The number of rotatable bonds is 5. The predicted molar refractivity (Wildman–Crippen MR) is 101 cm³/mol. The molecule has 0 spiro atoms. The Hall–Kier alpha value is -1.32. The number of thiophene rings is 1. The number of hydrogen-bond donors (Lipinski definition) is 0. The summed E-state index contributed by atoms with van der Waals surface area (Å²) in [6, 6.07) is 9.73. The summed E-state index contributed by atoms with van der Waals surface area (Å²) in [4.78, 5) is 5.91. The molecule has 2 nitrogen and oxygen atoms in total. The zero-order chi connectivity index (χ0) is 16.5. The highest BCUT2D eigenvalue weighted by Gasteiger charge is 2.33. The molecule has 2 aromatic rings. The van der Waals surface area contributed by atoms with Gasteiger partial charge in [-0.15, -0.1) is 11.3 Å². The van der Waals surface area contributed by atoms with Crippen molar-refractivity contribution in [1.29, 1.82) is 0 Å².